The van der Waals surface area contributed by atoms with E-state index in [0.29, 0.717) is 5.88 Å². The maximum absolute atomic E-state index is 5.74. The molecular weight excluding hydrogens is 369 g/mol. The summed E-state index contributed by atoms with van der Waals surface area (Å²) >= 11 is 12.6. The van der Waals surface area contributed by atoms with E-state index < -0.39 is 0 Å². The summed E-state index contributed by atoms with van der Waals surface area (Å²) in [6.45, 7) is 0. The molecule has 0 saturated carbocycles. The van der Waals surface area contributed by atoms with Gasteiger partial charge < -0.3 is 4.74 Å². The minimum absolute atomic E-state index is 0.374. The maximum Gasteiger partial charge on any atom is 0.141 e. The average Bonchev–Trinajstić information content (AvgIpc) is 2.33. The van der Waals surface area contributed by atoms with Crippen molar-refractivity contribution in [1.82, 2.24) is 4.98 Å². The minimum atomic E-state index is 0.374. The van der Waals surface area contributed by atoms with Crippen molar-refractivity contribution in [3.63, 3.8) is 0 Å². The van der Waals surface area contributed by atoms with Crippen LogP contribution in [0.5, 0.6) is 11.5 Å². The van der Waals surface area contributed by atoms with Crippen molar-refractivity contribution < 1.29 is 4.74 Å². The number of ether oxygens (including phenoxy) is 1. The van der Waals surface area contributed by atoms with E-state index in [4.69, 9.17) is 16.3 Å². The molecule has 88 valence electrons. The van der Waals surface area contributed by atoms with Gasteiger partial charge >= 0.3 is 0 Å². The summed E-state index contributed by atoms with van der Waals surface area (Å²) in [6, 6.07) is 9.35. The van der Waals surface area contributed by atoms with Gasteiger partial charge in [-0.15, -0.1) is 11.6 Å². The lowest BCUT2D eigenvalue weighted by atomic mass is 10.3. The van der Waals surface area contributed by atoms with Crippen LogP contribution in [0.3, 0.4) is 0 Å². The van der Waals surface area contributed by atoms with E-state index in [0.717, 1.165) is 26.1 Å². The Hall–Kier alpha value is -0.580. The van der Waals surface area contributed by atoms with Crippen molar-refractivity contribution in [3.8, 4) is 11.5 Å². The lowest BCUT2D eigenvalue weighted by Crippen LogP contribution is -1.89. The number of hydrogen-bond donors (Lipinski definition) is 0. The normalized spacial score (nSPS) is 10.3. The molecule has 0 saturated heterocycles. The highest BCUT2D eigenvalue weighted by molar-refractivity contribution is 9.11. The Morgan fingerprint density at radius 3 is 2.71 bits per heavy atom. The van der Waals surface area contributed by atoms with Crippen LogP contribution in [0.25, 0.3) is 0 Å². The third kappa shape index (κ3) is 3.44. The van der Waals surface area contributed by atoms with Crippen molar-refractivity contribution in [1.29, 1.82) is 0 Å². The molecular formula is C12H8Br2ClNO. The Kier molecular flexibility index (Phi) is 4.42. The van der Waals surface area contributed by atoms with E-state index >= 15 is 0 Å². The molecule has 0 bridgehead atoms. The second kappa shape index (κ2) is 5.85. The molecule has 0 aliphatic heterocycles. The maximum atomic E-state index is 5.74. The predicted molar refractivity (Wildman–Crippen MR) is 75.7 cm³/mol. The fourth-order valence-corrected chi connectivity index (χ4v) is 2.55. The van der Waals surface area contributed by atoms with Crippen LogP contribution in [-0.4, -0.2) is 4.98 Å². The Bertz CT molecular complexity index is 534. The first kappa shape index (κ1) is 12.9. The van der Waals surface area contributed by atoms with Crippen LogP contribution in [0, 0.1) is 0 Å². The highest BCUT2D eigenvalue weighted by Crippen LogP contribution is 2.32. The zero-order valence-corrected chi connectivity index (χ0v) is 12.6. The molecule has 1 aromatic heterocycles. The number of aromatic nitrogens is 1. The summed E-state index contributed by atoms with van der Waals surface area (Å²) in [4.78, 5) is 4.10. The number of rotatable bonds is 3. The SMILES string of the molecule is ClCc1cc(Oc2ccc(Br)cc2Br)ccn1. The molecule has 17 heavy (non-hydrogen) atoms. The molecule has 0 N–H and O–H groups in total. The quantitative estimate of drug-likeness (QED) is 0.691. The van der Waals surface area contributed by atoms with Gasteiger partial charge in [0.05, 0.1) is 16.0 Å². The number of nitrogens with zero attached hydrogens (tertiary/aromatic N) is 1. The molecule has 0 unspecified atom stereocenters. The molecule has 0 atom stereocenters. The lowest BCUT2D eigenvalue weighted by Gasteiger charge is -2.08. The second-order valence-electron chi connectivity index (χ2n) is 3.29. The van der Waals surface area contributed by atoms with Gasteiger partial charge in [0.2, 0.25) is 0 Å². The minimum Gasteiger partial charge on any atom is -0.456 e. The fraction of sp³-hybridized carbons (Fsp3) is 0.0833. The van der Waals surface area contributed by atoms with Crippen molar-refractivity contribution >= 4 is 43.5 Å². The zero-order chi connectivity index (χ0) is 12.3. The first-order chi connectivity index (χ1) is 8.19. The summed E-state index contributed by atoms with van der Waals surface area (Å²) in [6.07, 6.45) is 1.68. The van der Waals surface area contributed by atoms with Gasteiger partial charge in [0, 0.05) is 16.7 Å². The van der Waals surface area contributed by atoms with Gasteiger partial charge in [-0.2, -0.15) is 0 Å². The molecule has 0 radical (unpaired) electrons. The van der Waals surface area contributed by atoms with Gasteiger partial charge in [0.15, 0.2) is 0 Å². The highest BCUT2D eigenvalue weighted by Gasteiger charge is 2.04. The molecule has 1 heterocycles. The lowest BCUT2D eigenvalue weighted by molar-refractivity contribution is 0.478. The Balaban J connectivity index is 2.25. The van der Waals surface area contributed by atoms with E-state index in [1.807, 2.05) is 24.3 Å². The topological polar surface area (TPSA) is 22.1 Å². The van der Waals surface area contributed by atoms with Crippen LogP contribution >= 0.6 is 43.5 Å². The number of pyridine rings is 1. The van der Waals surface area contributed by atoms with Gasteiger partial charge in [-0.25, -0.2) is 0 Å². The molecule has 0 aliphatic carbocycles. The Labute approximate surface area is 121 Å². The van der Waals surface area contributed by atoms with E-state index in [9.17, 15) is 0 Å². The first-order valence-electron chi connectivity index (χ1n) is 4.83. The van der Waals surface area contributed by atoms with Crippen molar-refractivity contribution in [2.24, 2.45) is 0 Å². The van der Waals surface area contributed by atoms with Gasteiger partial charge in [-0.05, 0) is 40.2 Å². The predicted octanol–water partition coefficient (Wildman–Crippen LogP) is 5.14. The van der Waals surface area contributed by atoms with Crippen LogP contribution in [-0.2, 0) is 5.88 Å². The molecule has 0 amide bonds. The average molecular weight is 377 g/mol. The molecule has 2 nitrogen and oxygen atoms in total. The third-order valence-electron chi connectivity index (χ3n) is 2.05. The zero-order valence-electron chi connectivity index (χ0n) is 8.66. The van der Waals surface area contributed by atoms with Gasteiger partial charge in [-0.1, -0.05) is 15.9 Å². The molecule has 0 fully saturated rings. The van der Waals surface area contributed by atoms with E-state index in [1.165, 1.54) is 0 Å². The summed E-state index contributed by atoms with van der Waals surface area (Å²) in [5.41, 5.74) is 0.789. The summed E-state index contributed by atoms with van der Waals surface area (Å²) in [5, 5.41) is 0. The number of benzene rings is 1. The van der Waals surface area contributed by atoms with Crippen LogP contribution in [0.2, 0.25) is 0 Å². The van der Waals surface area contributed by atoms with Crippen molar-refractivity contribution in [2.45, 2.75) is 5.88 Å². The molecule has 2 rings (SSSR count). The van der Waals surface area contributed by atoms with Gasteiger partial charge in [-0.3, -0.25) is 4.98 Å². The number of hydrogen-bond acceptors (Lipinski definition) is 2. The number of alkyl halides is 1. The summed E-state index contributed by atoms with van der Waals surface area (Å²) in [7, 11) is 0. The molecule has 1 aromatic carbocycles. The molecule has 5 heteroatoms. The summed E-state index contributed by atoms with van der Waals surface area (Å²) in [5.74, 6) is 1.84. The first-order valence-corrected chi connectivity index (χ1v) is 6.95. The van der Waals surface area contributed by atoms with Gasteiger partial charge in [0.1, 0.15) is 11.5 Å². The molecule has 0 aliphatic rings. The van der Waals surface area contributed by atoms with Crippen LogP contribution in [0.15, 0.2) is 45.5 Å². The Morgan fingerprint density at radius 2 is 2.00 bits per heavy atom. The second-order valence-corrected chi connectivity index (χ2v) is 5.33. The largest absolute Gasteiger partial charge is 0.456 e. The van der Waals surface area contributed by atoms with Gasteiger partial charge in [0.25, 0.3) is 0 Å². The van der Waals surface area contributed by atoms with E-state index in [1.54, 1.807) is 12.3 Å². The van der Waals surface area contributed by atoms with E-state index in [2.05, 4.69) is 36.8 Å². The van der Waals surface area contributed by atoms with Crippen molar-refractivity contribution in [2.75, 3.05) is 0 Å². The standard InChI is InChI=1S/C12H8Br2ClNO/c13-8-1-2-12(11(14)5-8)17-10-3-4-16-9(6-10)7-15/h1-6H,7H2. The van der Waals surface area contributed by atoms with Crippen LogP contribution in [0.4, 0.5) is 0 Å². The van der Waals surface area contributed by atoms with Crippen LogP contribution < -0.4 is 4.74 Å². The fourth-order valence-electron chi connectivity index (χ4n) is 1.28. The summed E-state index contributed by atoms with van der Waals surface area (Å²) < 4.78 is 7.62. The third-order valence-corrected chi connectivity index (χ3v) is 3.43. The van der Waals surface area contributed by atoms with E-state index in [-0.39, 0.29) is 0 Å². The monoisotopic (exact) mass is 375 g/mol. The number of halogens is 3. The molecule has 0 spiro atoms. The smallest absolute Gasteiger partial charge is 0.141 e. The van der Waals surface area contributed by atoms with Crippen molar-refractivity contribution in [3.05, 3.63) is 51.2 Å². The highest BCUT2D eigenvalue weighted by atomic mass is 79.9. The molecule has 2 aromatic rings. The Morgan fingerprint density at radius 1 is 1.18 bits per heavy atom. The van der Waals surface area contributed by atoms with Crippen LogP contribution in [0.1, 0.15) is 5.69 Å².